The molecular formula is C30H45NO4. The molecule has 6 rings (SSSR count). The average molecular weight is 484 g/mol. The van der Waals surface area contributed by atoms with E-state index in [-0.39, 0.29) is 24.8 Å². The Bertz CT molecular complexity index is 849. The third-order valence-corrected chi connectivity index (χ3v) is 9.51. The van der Waals surface area contributed by atoms with E-state index in [9.17, 15) is 9.90 Å². The van der Waals surface area contributed by atoms with Gasteiger partial charge in [0.05, 0.1) is 6.10 Å². The minimum Gasteiger partial charge on any atom is -0.482 e. The number of aliphatic hydroxyl groups is 1. The third kappa shape index (κ3) is 6.05. The molecule has 5 nitrogen and oxygen atoms in total. The van der Waals surface area contributed by atoms with Crippen LogP contribution in [0.4, 0.5) is 0 Å². The van der Waals surface area contributed by atoms with E-state index < -0.39 is 0 Å². The highest BCUT2D eigenvalue weighted by Gasteiger charge is 2.40. The lowest BCUT2D eigenvalue weighted by atomic mass is 9.73. The number of fused-ring (bicyclic) bond motifs is 5. The van der Waals surface area contributed by atoms with Crippen molar-refractivity contribution in [1.82, 2.24) is 4.90 Å². The molecule has 35 heavy (non-hydrogen) atoms. The molecule has 3 saturated heterocycles. The maximum absolute atomic E-state index is 12.6. The van der Waals surface area contributed by atoms with Gasteiger partial charge in [-0.15, -0.1) is 0 Å². The number of piperidine rings is 3. The van der Waals surface area contributed by atoms with Crippen molar-refractivity contribution in [1.29, 1.82) is 0 Å². The van der Waals surface area contributed by atoms with E-state index in [0.717, 1.165) is 88.6 Å². The second-order valence-electron chi connectivity index (χ2n) is 11.7. The number of benzene rings is 1. The molecule has 3 aliphatic heterocycles. The molecule has 1 saturated carbocycles. The van der Waals surface area contributed by atoms with Crippen molar-refractivity contribution in [3.63, 3.8) is 0 Å². The summed E-state index contributed by atoms with van der Waals surface area (Å²) < 4.78 is 11.9. The molecule has 5 atom stereocenters. The molecule has 0 spiro atoms. The quantitative estimate of drug-likeness (QED) is 0.348. The number of ether oxygens (including phenoxy) is 2. The van der Waals surface area contributed by atoms with Gasteiger partial charge >= 0.3 is 5.97 Å². The van der Waals surface area contributed by atoms with E-state index in [4.69, 9.17) is 9.47 Å². The van der Waals surface area contributed by atoms with Crippen LogP contribution >= 0.6 is 0 Å². The Hall–Kier alpha value is -1.59. The van der Waals surface area contributed by atoms with Gasteiger partial charge in [0.1, 0.15) is 11.9 Å². The van der Waals surface area contributed by atoms with Crippen molar-refractivity contribution < 1.29 is 19.4 Å². The average Bonchev–Trinajstić information content (AvgIpc) is 3.27. The van der Waals surface area contributed by atoms with Crippen LogP contribution in [0.1, 0.15) is 82.3 Å². The van der Waals surface area contributed by atoms with Gasteiger partial charge in [-0.25, -0.2) is 4.79 Å². The van der Waals surface area contributed by atoms with Crippen molar-refractivity contribution in [2.45, 2.75) is 96.2 Å². The molecule has 2 bridgehead atoms. The molecule has 0 radical (unpaired) electrons. The van der Waals surface area contributed by atoms with E-state index in [2.05, 4.69) is 24.0 Å². The number of nitrogens with zero attached hydrogens (tertiary/aromatic N) is 1. The van der Waals surface area contributed by atoms with Gasteiger partial charge in [0.2, 0.25) is 0 Å². The number of carbonyl (C=O) groups is 1. The number of aliphatic hydroxyl groups excluding tert-OH is 1. The Morgan fingerprint density at radius 1 is 1.09 bits per heavy atom. The van der Waals surface area contributed by atoms with Gasteiger partial charge < -0.3 is 14.6 Å². The fourth-order valence-corrected chi connectivity index (χ4v) is 7.44. The highest BCUT2D eigenvalue weighted by molar-refractivity contribution is 5.71. The molecule has 0 aromatic heterocycles. The van der Waals surface area contributed by atoms with Gasteiger partial charge in [-0.1, -0.05) is 38.3 Å². The SMILES string of the molecule is CCCCCC(O)CCC1CCC2Cc3c(cccc3OCC(=O)OC3CN4CCC3CC4)CC12. The minimum absolute atomic E-state index is 0.00626. The first-order valence-electron chi connectivity index (χ1n) is 14.4. The predicted octanol–water partition coefficient (Wildman–Crippen LogP) is 5.17. The summed E-state index contributed by atoms with van der Waals surface area (Å²) in [4.78, 5) is 15.0. The maximum Gasteiger partial charge on any atom is 0.344 e. The minimum atomic E-state index is -0.228. The molecule has 2 aliphatic carbocycles. The molecule has 5 unspecified atom stereocenters. The molecule has 1 aromatic carbocycles. The Morgan fingerprint density at radius 3 is 2.71 bits per heavy atom. The summed E-state index contributed by atoms with van der Waals surface area (Å²) in [6, 6.07) is 6.35. The van der Waals surface area contributed by atoms with Crippen LogP contribution in [0.25, 0.3) is 0 Å². The van der Waals surface area contributed by atoms with Crippen LogP contribution in [0.15, 0.2) is 18.2 Å². The third-order valence-electron chi connectivity index (χ3n) is 9.51. The monoisotopic (exact) mass is 483 g/mol. The summed E-state index contributed by atoms with van der Waals surface area (Å²) in [5, 5.41) is 10.4. The van der Waals surface area contributed by atoms with Crippen LogP contribution in [-0.4, -0.2) is 54.4 Å². The van der Waals surface area contributed by atoms with E-state index in [0.29, 0.717) is 11.8 Å². The lowest BCUT2D eigenvalue weighted by Crippen LogP contribution is -2.52. The van der Waals surface area contributed by atoms with Crippen LogP contribution in [-0.2, 0) is 22.4 Å². The van der Waals surface area contributed by atoms with Crippen molar-refractivity contribution in [3.05, 3.63) is 29.3 Å². The van der Waals surface area contributed by atoms with Crippen LogP contribution in [0.3, 0.4) is 0 Å². The summed E-state index contributed by atoms with van der Waals surface area (Å²) >= 11 is 0. The van der Waals surface area contributed by atoms with Gasteiger partial charge in [0.15, 0.2) is 6.61 Å². The maximum atomic E-state index is 12.6. The zero-order valence-corrected chi connectivity index (χ0v) is 21.6. The summed E-state index contributed by atoms with van der Waals surface area (Å²) in [5.74, 6) is 3.33. The number of unbranched alkanes of at least 4 members (excludes halogenated alkanes) is 2. The van der Waals surface area contributed by atoms with Crippen molar-refractivity contribution >= 4 is 5.97 Å². The zero-order valence-electron chi connectivity index (χ0n) is 21.6. The van der Waals surface area contributed by atoms with E-state index in [1.807, 2.05) is 6.07 Å². The highest BCUT2D eigenvalue weighted by atomic mass is 16.6. The first-order chi connectivity index (χ1) is 17.1. The van der Waals surface area contributed by atoms with E-state index in [1.165, 1.54) is 36.8 Å². The lowest BCUT2D eigenvalue weighted by molar-refractivity contribution is -0.161. The summed E-state index contributed by atoms with van der Waals surface area (Å²) in [5.41, 5.74) is 2.70. The lowest BCUT2D eigenvalue weighted by Gasteiger charge is -2.43. The smallest absolute Gasteiger partial charge is 0.344 e. The second-order valence-corrected chi connectivity index (χ2v) is 11.7. The Morgan fingerprint density at radius 2 is 1.94 bits per heavy atom. The van der Waals surface area contributed by atoms with E-state index >= 15 is 0 Å². The highest BCUT2D eigenvalue weighted by Crippen LogP contribution is 2.48. The molecule has 1 N–H and O–H groups in total. The van der Waals surface area contributed by atoms with E-state index in [1.54, 1.807) is 0 Å². The number of hydrogen-bond donors (Lipinski definition) is 1. The topological polar surface area (TPSA) is 59.0 Å². The zero-order chi connectivity index (χ0) is 24.2. The molecule has 194 valence electrons. The molecular weight excluding hydrogens is 438 g/mol. The molecule has 0 amide bonds. The van der Waals surface area contributed by atoms with Gasteiger partial charge in [-0.3, -0.25) is 4.90 Å². The fraction of sp³-hybridized carbons (Fsp3) is 0.767. The van der Waals surface area contributed by atoms with Gasteiger partial charge in [0, 0.05) is 6.54 Å². The first-order valence-corrected chi connectivity index (χ1v) is 14.4. The molecule has 5 heteroatoms. The van der Waals surface area contributed by atoms with Crippen molar-refractivity contribution in [3.8, 4) is 5.75 Å². The van der Waals surface area contributed by atoms with Gasteiger partial charge in [-0.2, -0.15) is 0 Å². The normalized spacial score (nSPS) is 32.1. The largest absolute Gasteiger partial charge is 0.482 e. The standard InChI is InChI=1S/C30H45NO4/c1-2-3-4-7-25(32)12-11-21-9-10-24-18-27-23(17-26(21)24)6-5-8-28(27)34-20-30(33)35-29-19-31-15-13-22(29)14-16-31/h5-6,8,21-22,24-26,29,32H,2-4,7,9-20H2,1H3. The van der Waals surface area contributed by atoms with Crippen LogP contribution < -0.4 is 4.74 Å². The predicted molar refractivity (Wildman–Crippen MR) is 137 cm³/mol. The summed E-state index contributed by atoms with van der Waals surface area (Å²) in [6.07, 6.45) is 13.6. The number of esters is 1. The number of hydrogen-bond acceptors (Lipinski definition) is 5. The summed E-state index contributed by atoms with van der Waals surface area (Å²) in [6.45, 7) is 5.40. The fourth-order valence-electron chi connectivity index (χ4n) is 7.44. The van der Waals surface area contributed by atoms with Gasteiger partial charge in [-0.05, 0) is 112 Å². The first kappa shape index (κ1) is 25.1. The molecule has 3 heterocycles. The van der Waals surface area contributed by atoms with Gasteiger partial charge in [0.25, 0.3) is 0 Å². The van der Waals surface area contributed by atoms with Crippen LogP contribution in [0.2, 0.25) is 0 Å². The van der Waals surface area contributed by atoms with Crippen molar-refractivity contribution in [2.75, 3.05) is 26.2 Å². The molecule has 4 fully saturated rings. The van der Waals surface area contributed by atoms with Crippen molar-refractivity contribution in [2.24, 2.45) is 23.7 Å². The molecule has 5 aliphatic rings. The second kappa shape index (κ2) is 11.6. The Balaban J connectivity index is 1.12. The Kier molecular flexibility index (Phi) is 8.34. The number of rotatable bonds is 11. The number of carbonyl (C=O) groups excluding carboxylic acids is 1. The van der Waals surface area contributed by atoms with Crippen LogP contribution in [0, 0.1) is 23.7 Å². The summed E-state index contributed by atoms with van der Waals surface area (Å²) in [7, 11) is 0. The van der Waals surface area contributed by atoms with Crippen LogP contribution in [0.5, 0.6) is 5.75 Å². The molecule has 1 aromatic rings. The Labute approximate surface area is 211 Å².